The van der Waals surface area contributed by atoms with Gasteiger partial charge in [0.2, 0.25) is 0 Å². The number of thiophene rings is 1. The van der Waals surface area contributed by atoms with Crippen molar-refractivity contribution in [2.24, 2.45) is 0 Å². The van der Waals surface area contributed by atoms with Crippen LogP contribution in [0.2, 0.25) is 5.15 Å². The number of carbonyl (C=O) groups excluding carboxylic acids is 1. The quantitative estimate of drug-likeness (QED) is 0.871. The summed E-state index contributed by atoms with van der Waals surface area (Å²) in [5.41, 5.74) is 2.88. The summed E-state index contributed by atoms with van der Waals surface area (Å²) in [7, 11) is 0. The van der Waals surface area contributed by atoms with Crippen molar-refractivity contribution in [1.29, 1.82) is 0 Å². The second kappa shape index (κ2) is 6.16. The van der Waals surface area contributed by atoms with Crippen LogP contribution in [0.25, 0.3) is 0 Å². The average Bonchev–Trinajstić information content (AvgIpc) is 3.05. The van der Waals surface area contributed by atoms with Gasteiger partial charge < -0.3 is 5.32 Å². The molecule has 2 heterocycles. The Hall–Kier alpha value is -1.39. The Morgan fingerprint density at radius 1 is 1.38 bits per heavy atom. The molecule has 3 rings (SSSR count). The molecule has 2 aromatic rings. The van der Waals surface area contributed by atoms with Gasteiger partial charge in [-0.05, 0) is 49.4 Å². The molecule has 0 aromatic carbocycles. The fourth-order valence-electron chi connectivity index (χ4n) is 2.61. The summed E-state index contributed by atoms with van der Waals surface area (Å²) >= 11 is 7.77. The van der Waals surface area contributed by atoms with Crippen molar-refractivity contribution in [3.8, 4) is 0 Å². The van der Waals surface area contributed by atoms with Gasteiger partial charge in [0.15, 0.2) is 0 Å². The first-order chi connectivity index (χ1) is 10.2. The van der Waals surface area contributed by atoms with E-state index in [-0.39, 0.29) is 5.91 Å². The molecule has 1 aliphatic carbocycles. The lowest BCUT2D eigenvalue weighted by molar-refractivity contribution is 0.0951. The number of rotatable bonds is 4. The van der Waals surface area contributed by atoms with Gasteiger partial charge in [-0.15, -0.1) is 11.3 Å². The third kappa shape index (κ3) is 3.27. The monoisotopic (exact) mass is 320 g/mol. The largest absolute Gasteiger partial charge is 0.347 e. The number of nitrogens with one attached hydrogen (secondary N) is 1. The first-order valence-corrected chi connectivity index (χ1v) is 8.40. The molecule has 21 heavy (non-hydrogen) atoms. The van der Waals surface area contributed by atoms with Crippen molar-refractivity contribution in [2.45, 2.75) is 39.2 Å². The van der Waals surface area contributed by atoms with Crippen molar-refractivity contribution in [3.63, 3.8) is 0 Å². The van der Waals surface area contributed by atoms with Crippen molar-refractivity contribution >= 4 is 28.8 Å². The third-order valence-electron chi connectivity index (χ3n) is 3.69. The summed E-state index contributed by atoms with van der Waals surface area (Å²) in [4.78, 5) is 19.1. The predicted molar refractivity (Wildman–Crippen MR) is 86.1 cm³/mol. The van der Waals surface area contributed by atoms with Gasteiger partial charge in [0.1, 0.15) is 5.15 Å². The van der Waals surface area contributed by atoms with Crippen LogP contribution in [0, 0.1) is 0 Å². The van der Waals surface area contributed by atoms with Gasteiger partial charge in [-0.1, -0.05) is 18.5 Å². The highest BCUT2D eigenvalue weighted by atomic mass is 35.5. The maximum absolute atomic E-state index is 12.2. The van der Waals surface area contributed by atoms with E-state index in [1.807, 2.05) is 18.3 Å². The number of carbonyl (C=O) groups is 1. The molecule has 0 spiro atoms. The van der Waals surface area contributed by atoms with Crippen LogP contribution in [-0.4, -0.2) is 10.9 Å². The zero-order valence-corrected chi connectivity index (χ0v) is 13.5. The average molecular weight is 321 g/mol. The van der Waals surface area contributed by atoms with Crippen LogP contribution in [-0.2, 0) is 25.8 Å². The van der Waals surface area contributed by atoms with Crippen molar-refractivity contribution in [1.82, 2.24) is 10.3 Å². The van der Waals surface area contributed by atoms with Gasteiger partial charge in [0.25, 0.3) is 5.91 Å². The van der Waals surface area contributed by atoms with Gasteiger partial charge in [0, 0.05) is 21.0 Å². The summed E-state index contributed by atoms with van der Waals surface area (Å²) < 4.78 is 0. The number of amides is 1. The number of aryl methyl sites for hydroxylation is 3. The Kier molecular flexibility index (Phi) is 4.27. The van der Waals surface area contributed by atoms with Crippen LogP contribution in [0.4, 0.5) is 0 Å². The highest BCUT2D eigenvalue weighted by molar-refractivity contribution is 7.12. The molecule has 0 aliphatic heterocycles. The summed E-state index contributed by atoms with van der Waals surface area (Å²) in [6, 6.07) is 5.64. The number of pyridine rings is 1. The van der Waals surface area contributed by atoms with Gasteiger partial charge >= 0.3 is 0 Å². The van der Waals surface area contributed by atoms with E-state index in [2.05, 4.69) is 16.4 Å². The van der Waals surface area contributed by atoms with Crippen LogP contribution in [0.3, 0.4) is 0 Å². The fraction of sp³-hybridized carbons (Fsp3) is 0.375. The summed E-state index contributed by atoms with van der Waals surface area (Å²) in [6.45, 7) is 2.57. The first-order valence-electron chi connectivity index (χ1n) is 7.21. The predicted octanol–water partition coefficient (Wildman–Crippen LogP) is 3.78. The number of halogens is 1. The van der Waals surface area contributed by atoms with Gasteiger partial charge in [-0.25, -0.2) is 4.98 Å². The third-order valence-corrected chi connectivity index (χ3v) is 5.12. The molecular weight excluding hydrogens is 304 g/mol. The van der Waals surface area contributed by atoms with Crippen LogP contribution in [0.5, 0.6) is 0 Å². The lowest BCUT2D eigenvalue weighted by Crippen LogP contribution is -2.22. The molecule has 2 aromatic heterocycles. The molecule has 110 valence electrons. The Balaban J connectivity index is 1.67. The molecule has 3 nitrogen and oxygen atoms in total. The number of nitrogens with zero attached hydrogens (tertiary/aromatic N) is 1. The first kappa shape index (κ1) is 14.5. The van der Waals surface area contributed by atoms with Crippen LogP contribution < -0.4 is 5.32 Å². The highest BCUT2D eigenvalue weighted by Crippen LogP contribution is 2.30. The van der Waals surface area contributed by atoms with Gasteiger partial charge in [-0.3, -0.25) is 4.79 Å². The molecular formula is C16H17ClN2OS. The number of aromatic nitrogens is 1. The van der Waals surface area contributed by atoms with E-state index in [1.165, 1.54) is 34.6 Å². The SMILES string of the molecule is CCc1cc(C(=O)NCc2cc3c(s2)CCC3)cc(Cl)n1. The van der Waals surface area contributed by atoms with Crippen molar-refractivity contribution in [2.75, 3.05) is 0 Å². The molecule has 0 saturated carbocycles. The van der Waals surface area contributed by atoms with E-state index in [0.717, 1.165) is 12.1 Å². The van der Waals surface area contributed by atoms with E-state index >= 15 is 0 Å². The zero-order chi connectivity index (χ0) is 14.8. The lowest BCUT2D eigenvalue weighted by Gasteiger charge is -2.06. The van der Waals surface area contributed by atoms with Crippen molar-refractivity contribution in [3.05, 3.63) is 49.9 Å². The molecule has 0 unspecified atom stereocenters. The minimum Gasteiger partial charge on any atom is -0.347 e. The van der Waals surface area contributed by atoms with Gasteiger partial charge in [0.05, 0.1) is 6.54 Å². The maximum atomic E-state index is 12.2. The molecule has 0 saturated heterocycles. The van der Waals surface area contributed by atoms with Gasteiger partial charge in [-0.2, -0.15) is 0 Å². The molecule has 5 heteroatoms. The maximum Gasteiger partial charge on any atom is 0.251 e. The Bertz CT molecular complexity index is 659. The normalized spacial score (nSPS) is 13.2. The fourth-order valence-corrected chi connectivity index (χ4v) is 4.04. The van der Waals surface area contributed by atoms with E-state index in [0.29, 0.717) is 17.3 Å². The Morgan fingerprint density at radius 2 is 2.24 bits per heavy atom. The number of fused-ring (bicyclic) bond motifs is 1. The van der Waals surface area contributed by atoms with Crippen LogP contribution in [0.15, 0.2) is 18.2 Å². The summed E-state index contributed by atoms with van der Waals surface area (Å²) in [5, 5.41) is 3.34. The topological polar surface area (TPSA) is 42.0 Å². The number of hydrogen-bond acceptors (Lipinski definition) is 3. The highest BCUT2D eigenvalue weighted by Gasteiger charge is 2.15. The second-order valence-electron chi connectivity index (χ2n) is 5.22. The number of hydrogen-bond donors (Lipinski definition) is 1. The zero-order valence-electron chi connectivity index (χ0n) is 11.9. The molecule has 0 bridgehead atoms. The lowest BCUT2D eigenvalue weighted by atomic mass is 10.2. The molecule has 0 radical (unpaired) electrons. The van der Waals surface area contributed by atoms with E-state index in [1.54, 1.807) is 12.1 Å². The smallest absolute Gasteiger partial charge is 0.251 e. The van der Waals surface area contributed by atoms with E-state index < -0.39 is 0 Å². The Morgan fingerprint density at radius 3 is 3.00 bits per heavy atom. The van der Waals surface area contributed by atoms with Crippen LogP contribution >= 0.6 is 22.9 Å². The minimum absolute atomic E-state index is 0.0949. The summed E-state index contributed by atoms with van der Waals surface area (Å²) in [6.07, 6.45) is 4.40. The second-order valence-corrected chi connectivity index (χ2v) is 6.83. The molecule has 1 N–H and O–H groups in total. The minimum atomic E-state index is -0.0949. The standard InChI is InChI=1S/C16H17ClN2OS/c1-2-12-6-11(8-15(17)19-12)16(20)18-9-13-7-10-4-3-5-14(10)21-13/h6-8H,2-5,9H2,1H3,(H,18,20). The molecule has 0 fully saturated rings. The molecule has 0 atom stereocenters. The van der Waals surface area contributed by atoms with Crippen molar-refractivity contribution < 1.29 is 4.79 Å². The van der Waals surface area contributed by atoms with Crippen LogP contribution in [0.1, 0.15) is 44.7 Å². The Labute approximate surface area is 133 Å². The summed E-state index contributed by atoms with van der Waals surface area (Å²) in [5.74, 6) is -0.0949. The van der Waals surface area contributed by atoms with E-state index in [4.69, 9.17) is 11.6 Å². The van der Waals surface area contributed by atoms with E-state index in [9.17, 15) is 4.79 Å². The molecule has 1 amide bonds. The molecule has 1 aliphatic rings.